The van der Waals surface area contributed by atoms with Crippen molar-refractivity contribution in [3.05, 3.63) is 178 Å². The van der Waals surface area contributed by atoms with Crippen LogP contribution in [0.4, 0.5) is 13.2 Å². The van der Waals surface area contributed by atoms with Crippen molar-refractivity contribution in [1.29, 1.82) is 5.26 Å². The van der Waals surface area contributed by atoms with Crippen molar-refractivity contribution in [3.8, 4) is 17.5 Å². The lowest BCUT2D eigenvalue weighted by Gasteiger charge is -2.22. The third-order valence-corrected chi connectivity index (χ3v) is 16.8. The van der Waals surface area contributed by atoms with E-state index in [2.05, 4.69) is 55.5 Å². The van der Waals surface area contributed by atoms with Gasteiger partial charge in [-0.3, -0.25) is 4.39 Å². The Morgan fingerprint density at radius 3 is 1.20 bits per heavy atom. The number of benzene rings is 3. The minimum atomic E-state index is -3.35. The van der Waals surface area contributed by atoms with Crippen molar-refractivity contribution in [3.63, 3.8) is 0 Å². The number of likely N-dealkylation sites (N-methyl/N-ethyl adjacent to an activating group) is 3. The van der Waals surface area contributed by atoms with Crippen molar-refractivity contribution in [2.45, 2.75) is 64.2 Å². The molecule has 0 radical (unpaired) electrons. The first-order valence-electron chi connectivity index (χ1n) is 26.0. The molecular weight excluding hydrogens is 1140 g/mol. The molecule has 1 aliphatic heterocycles. The van der Waals surface area contributed by atoms with Gasteiger partial charge in [0.05, 0.1) is 44.1 Å². The second-order valence-corrected chi connectivity index (χ2v) is 25.8. The van der Waals surface area contributed by atoms with Crippen molar-refractivity contribution in [2.24, 2.45) is 15.4 Å². The molecule has 3 unspecified atom stereocenters. The predicted octanol–water partition coefficient (Wildman–Crippen LogP) is 7.62. The molecule has 0 spiro atoms. The average molecular weight is 1200 g/mol. The van der Waals surface area contributed by atoms with Crippen molar-refractivity contribution < 1.29 is 44.2 Å². The van der Waals surface area contributed by atoms with Crippen LogP contribution in [0.2, 0.25) is 0 Å². The van der Waals surface area contributed by atoms with Gasteiger partial charge in [-0.25, -0.2) is 68.1 Å². The van der Waals surface area contributed by atoms with Gasteiger partial charge in [-0.05, 0) is 42.7 Å². The Kier molecular flexibility index (Phi) is 23.8. The first-order chi connectivity index (χ1) is 39.7. The molecule has 4 aromatic heterocycles. The van der Waals surface area contributed by atoms with Gasteiger partial charge in [0.25, 0.3) is 11.8 Å². The molecule has 5 heterocycles. The van der Waals surface area contributed by atoms with Gasteiger partial charge in [0.2, 0.25) is 30.1 Å². The molecule has 3 aromatic carbocycles. The number of nitriles is 1. The predicted molar refractivity (Wildman–Crippen MR) is 308 cm³/mol. The molecule has 0 saturated heterocycles. The van der Waals surface area contributed by atoms with E-state index < -0.39 is 49.5 Å². The number of aryl methyl sites for hydroxylation is 3. The van der Waals surface area contributed by atoms with E-state index in [-0.39, 0.29) is 30.2 Å². The van der Waals surface area contributed by atoms with E-state index >= 15 is 0 Å². The van der Waals surface area contributed by atoms with Crippen LogP contribution in [-0.4, -0.2) is 157 Å². The number of aromatic nitrogens is 8. The zero-order valence-corrected chi connectivity index (χ0v) is 49.7. The maximum Gasteiger partial charge on any atom is 0.314 e. The molecule has 8 rings (SSSR count). The number of hydrogen-bond acceptors (Lipinski definition) is 19. The van der Waals surface area contributed by atoms with Gasteiger partial charge in [0.1, 0.15) is 30.1 Å². The van der Waals surface area contributed by atoms with Crippen LogP contribution in [0.25, 0.3) is 11.5 Å². The maximum absolute atomic E-state index is 12.6. The quantitative estimate of drug-likeness (QED) is 0.0668. The summed E-state index contributed by atoms with van der Waals surface area (Å²) in [5, 5.41) is 27.0. The first-order valence-corrected chi connectivity index (χ1v) is 30.9. The molecule has 442 valence electrons. The fourth-order valence-corrected chi connectivity index (χ4v) is 9.23. The van der Waals surface area contributed by atoms with Gasteiger partial charge >= 0.3 is 6.43 Å². The average Bonchev–Trinajstić information content (AvgIpc) is 4.24. The van der Waals surface area contributed by atoms with Crippen molar-refractivity contribution in [2.75, 3.05) is 73.2 Å². The molecule has 0 fully saturated rings. The minimum Gasteiger partial charge on any atom is -0.415 e. The van der Waals surface area contributed by atoms with Gasteiger partial charge in [-0.15, -0.1) is 15.3 Å². The highest BCUT2D eigenvalue weighted by Gasteiger charge is 2.25. The molecular formula is C55H66F3N15O7S3. The zero-order chi connectivity index (χ0) is 61.8. The largest absolute Gasteiger partial charge is 0.415 e. The molecule has 0 N–H and O–H groups in total. The van der Waals surface area contributed by atoms with Crippen LogP contribution >= 0.6 is 0 Å². The number of alkyl halides is 3. The van der Waals surface area contributed by atoms with E-state index in [9.17, 15) is 38.4 Å². The van der Waals surface area contributed by atoms with Gasteiger partial charge in [-0.1, -0.05) is 89.5 Å². The molecule has 28 heteroatoms. The van der Waals surface area contributed by atoms with Crippen LogP contribution in [0.15, 0.2) is 130 Å². The van der Waals surface area contributed by atoms with E-state index in [1.54, 1.807) is 26.5 Å². The summed E-state index contributed by atoms with van der Waals surface area (Å²) in [5.74, 6) is 0.550. The summed E-state index contributed by atoms with van der Waals surface area (Å²) < 4.78 is 121. The highest BCUT2D eigenvalue weighted by Crippen LogP contribution is 2.27. The summed E-state index contributed by atoms with van der Waals surface area (Å²) in [7, 11) is -6.21. The Balaban J connectivity index is 0.000000226. The van der Waals surface area contributed by atoms with Crippen LogP contribution in [0, 0.1) is 32.1 Å². The second-order valence-electron chi connectivity index (χ2n) is 19.5. The molecule has 0 amide bonds. The Morgan fingerprint density at radius 2 is 0.916 bits per heavy atom. The Hall–Kier alpha value is -7.68. The number of hydrogen-bond donors (Lipinski definition) is 0. The summed E-state index contributed by atoms with van der Waals surface area (Å²) in [5.41, 5.74) is 8.70. The van der Waals surface area contributed by atoms with Crippen LogP contribution in [0.1, 0.15) is 93.4 Å². The monoisotopic (exact) mass is 1200 g/mol. The molecule has 0 bridgehead atoms. The Bertz CT molecular complexity index is 3660. The number of halogens is 3. The van der Waals surface area contributed by atoms with E-state index in [0.29, 0.717) is 67.5 Å². The highest BCUT2D eigenvalue weighted by molar-refractivity contribution is 7.88. The SMILES string of the molecule is Cc1ccc(C(Cc2ncc(-c3nnc(C(F)F)o3)cn2)CN(C)S(C)(=O)=O)cc1.Cc1ccc(C(Cc2ncc(C#N)cn2)CN(C)S(C)(=O)=O)cc1.Cc1ccc(C(Cc2ncc(C3=NN=NC3)cn2)CN(C)S(C)(=O)=O)cc1.[2H]CF. The highest BCUT2D eigenvalue weighted by atomic mass is 32.2. The Labute approximate surface area is 484 Å². The topological polar surface area (TPSA) is 289 Å². The van der Waals surface area contributed by atoms with Crippen LogP contribution in [0.5, 0.6) is 0 Å². The van der Waals surface area contributed by atoms with Gasteiger partial charge in [0, 0.05) is 121 Å². The molecule has 1 aliphatic rings. The summed E-state index contributed by atoms with van der Waals surface area (Å²) in [6.07, 6.45) is 11.3. The van der Waals surface area contributed by atoms with Crippen LogP contribution in [0.3, 0.4) is 0 Å². The van der Waals surface area contributed by atoms with Crippen molar-refractivity contribution >= 4 is 35.8 Å². The smallest absolute Gasteiger partial charge is 0.314 e. The summed E-state index contributed by atoms with van der Waals surface area (Å²) in [6, 6.07) is 25.9. The number of sulfonamides is 3. The Morgan fingerprint density at radius 1 is 0.578 bits per heavy atom. The first kappa shape index (κ1) is 64.5. The zero-order valence-electron chi connectivity index (χ0n) is 48.3. The molecule has 83 heavy (non-hydrogen) atoms. The molecule has 0 aliphatic carbocycles. The normalized spacial score (nSPS) is 13.6. The van der Waals surface area contributed by atoms with E-state index in [1.807, 2.05) is 99.6 Å². The van der Waals surface area contributed by atoms with Gasteiger partial charge in [-0.2, -0.15) is 19.2 Å². The molecule has 7 aromatic rings. The van der Waals surface area contributed by atoms with Crippen LogP contribution in [-0.2, 0) is 49.3 Å². The fraction of sp³-hybridized carbons (Fsp3) is 0.382. The molecule has 3 atom stereocenters. The minimum absolute atomic E-state index is 0.0509. The summed E-state index contributed by atoms with van der Waals surface area (Å²) in [4.78, 5) is 25.8. The standard InChI is InChI=1S/C19H21F2N5O3S.C18H22N6O2S.C17H20N4O2S.CH3F/c1-12-4-6-13(7-5-12)14(11-26(2)30(3,27)28)8-16-22-9-15(10-23-16)18-24-25-19(29-18)17(20)21;1-13-4-6-14(7-5-13)15(12-24(2)27(3,25)26)8-18-19-9-16(10-20-18)17-11-21-23-22-17;1-13-4-6-15(7-5-13)16(12-21(2)24(3,22)23)8-17-19-10-14(9-18)11-20-17;1-2/h4-7,9-10,14,17H,8,11H2,1-3H3;4-7,9-10,15H,8,11-12H2,1-3H3;4-7,10-11,16H,8,12H2,1-3H3;1H3/i;;;1D. The molecule has 0 saturated carbocycles. The van der Waals surface area contributed by atoms with Gasteiger partial charge < -0.3 is 4.42 Å². The lowest BCUT2D eigenvalue weighted by Crippen LogP contribution is -2.31. The summed E-state index contributed by atoms with van der Waals surface area (Å²) >= 11 is 0. The number of nitrogens with zero attached hydrogens (tertiary/aromatic N) is 15. The third-order valence-electron chi connectivity index (χ3n) is 13.0. The fourth-order valence-electron chi connectivity index (χ4n) is 7.88. The lowest BCUT2D eigenvalue weighted by molar-refractivity contribution is 0.116. The van der Waals surface area contributed by atoms with E-state index in [1.165, 1.54) is 57.3 Å². The maximum atomic E-state index is 12.6. The van der Waals surface area contributed by atoms with E-state index in [4.69, 9.17) is 11.0 Å². The van der Waals surface area contributed by atoms with E-state index in [0.717, 1.165) is 50.9 Å². The van der Waals surface area contributed by atoms with Gasteiger partial charge in [0.15, 0.2) is 0 Å². The second kappa shape index (κ2) is 30.6. The van der Waals surface area contributed by atoms with Crippen LogP contribution < -0.4 is 0 Å². The third kappa shape index (κ3) is 20.9. The summed E-state index contributed by atoms with van der Waals surface area (Å²) in [6.45, 7) is 7.39. The van der Waals surface area contributed by atoms with Crippen molar-refractivity contribution in [1.82, 2.24) is 53.0 Å². The number of rotatable bonds is 21. The molecule has 22 nitrogen and oxygen atoms in total. The lowest BCUT2D eigenvalue weighted by atomic mass is 9.94.